The van der Waals surface area contributed by atoms with Crippen molar-refractivity contribution in [3.05, 3.63) is 72.1 Å². The number of hydrogen-bond donors (Lipinski definition) is 2. The average Bonchev–Trinajstić information content (AvgIpc) is 3.73. The molecule has 0 amide bonds. The molecule has 0 unspecified atom stereocenters. The summed E-state index contributed by atoms with van der Waals surface area (Å²) in [5.41, 5.74) is 3.99. The van der Waals surface area contributed by atoms with E-state index in [1.165, 1.54) is 19.3 Å². The van der Waals surface area contributed by atoms with Crippen LogP contribution in [0.25, 0.3) is 22.0 Å². The van der Waals surface area contributed by atoms with Gasteiger partial charge in [0.05, 0.1) is 11.3 Å². The molecule has 1 aliphatic heterocycles. The van der Waals surface area contributed by atoms with Gasteiger partial charge in [-0.1, -0.05) is 36.8 Å². The molecule has 40 heavy (non-hydrogen) atoms. The molecule has 0 bridgehead atoms. The van der Waals surface area contributed by atoms with Crippen LogP contribution in [0.3, 0.4) is 0 Å². The molecule has 7 heteroatoms. The number of anilines is 1. The number of ether oxygens (including phenoxy) is 1. The molecule has 0 radical (unpaired) electrons. The van der Waals surface area contributed by atoms with Crippen LogP contribution in [-0.2, 0) is 11.2 Å². The molecule has 7 rings (SSSR count). The molecular formula is C33H35N5O2. The van der Waals surface area contributed by atoms with Gasteiger partial charge in [-0.05, 0) is 85.7 Å². The Morgan fingerprint density at radius 2 is 1.98 bits per heavy atom. The number of hydrogen-bond acceptors (Lipinski definition) is 7. The van der Waals surface area contributed by atoms with Gasteiger partial charge in [-0.15, -0.1) is 0 Å². The van der Waals surface area contributed by atoms with E-state index in [1.807, 2.05) is 31.2 Å². The molecule has 2 atom stereocenters. The normalized spacial score (nSPS) is 21.1. The summed E-state index contributed by atoms with van der Waals surface area (Å²) in [7, 11) is 0. The van der Waals surface area contributed by atoms with E-state index in [9.17, 15) is 4.79 Å². The van der Waals surface area contributed by atoms with Gasteiger partial charge in [0.2, 0.25) is 11.8 Å². The predicted octanol–water partition coefficient (Wildman–Crippen LogP) is 6.26. The Hall–Kier alpha value is -3.84. The molecule has 3 heterocycles. The summed E-state index contributed by atoms with van der Waals surface area (Å²) >= 11 is 0. The van der Waals surface area contributed by atoms with Gasteiger partial charge in [0.25, 0.3) is 0 Å². The van der Waals surface area contributed by atoms with Gasteiger partial charge in [-0.3, -0.25) is 4.79 Å². The molecule has 1 saturated heterocycles. The standard InChI is InChI=1S/C33H35N5O2/c1-21-10-11-24-22(18-29(39)27-19-33(27)13-5-14-33)6-2-8-25(24)30(21)40-31-26(9-4-16-35-31)28-12-17-36-32(38-28)37-23-7-3-15-34-20-23/h2,4,6,8-12,16-17,23,27,34H,3,5,7,13-15,18-20H2,1H3,(H,36,37,38)/t23-,27+/m0/s1. The van der Waals surface area contributed by atoms with Crippen LogP contribution in [-0.4, -0.2) is 39.9 Å². The smallest absolute Gasteiger partial charge is 0.228 e. The summed E-state index contributed by atoms with van der Waals surface area (Å²) in [4.78, 5) is 27.0. The molecular weight excluding hydrogens is 498 g/mol. The average molecular weight is 534 g/mol. The predicted molar refractivity (Wildman–Crippen MR) is 157 cm³/mol. The maximum Gasteiger partial charge on any atom is 0.228 e. The number of benzene rings is 2. The van der Waals surface area contributed by atoms with Crippen LogP contribution in [0.15, 0.2) is 60.9 Å². The minimum Gasteiger partial charge on any atom is -0.437 e. The molecule has 2 saturated carbocycles. The summed E-state index contributed by atoms with van der Waals surface area (Å²) < 4.78 is 6.59. The fraction of sp³-hybridized carbons (Fsp3) is 0.394. The zero-order valence-electron chi connectivity index (χ0n) is 23.0. The monoisotopic (exact) mass is 533 g/mol. The maximum absolute atomic E-state index is 13.2. The number of Topliss-reactive ketones (excluding diaryl/α,β-unsaturated/α-hetero) is 1. The van der Waals surface area contributed by atoms with Crippen LogP contribution in [0.4, 0.5) is 5.95 Å². The van der Waals surface area contributed by atoms with Crippen LogP contribution in [0, 0.1) is 18.3 Å². The first-order valence-corrected chi connectivity index (χ1v) is 14.6. The summed E-state index contributed by atoms with van der Waals surface area (Å²) in [5.74, 6) is 2.51. The van der Waals surface area contributed by atoms with Crippen LogP contribution in [0.5, 0.6) is 11.6 Å². The third-order valence-electron chi connectivity index (χ3n) is 9.12. The van der Waals surface area contributed by atoms with Gasteiger partial charge in [-0.25, -0.2) is 15.0 Å². The summed E-state index contributed by atoms with van der Waals surface area (Å²) in [6, 6.07) is 16.5. The van der Waals surface area contributed by atoms with Crippen LogP contribution in [0.1, 0.15) is 49.7 Å². The van der Waals surface area contributed by atoms with Crippen molar-refractivity contribution in [2.45, 2.75) is 57.9 Å². The van der Waals surface area contributed by atoms with Crippen molar-refractivity contribution in [1.82, 2.24) is 20.3 Å². The van der Waals surface area contributed by atoms with Crippen LogP contribution in [0.2, 0.25) is 0 Å². The lowest BCUT2D eigenvalue weighted by Gasteiger charge is -2.26. The van der Waals surface area contributed by atoms with E-state index in [4.69, 9.17) is 9.72 Å². The number of carbonyl (C=O) groups excluding carboxylic acids is 1. The molecule has 7 nitrogen and oxygen atoms in total. The number of rotatable bonds is 8. The Labute approximate surface area is 234 Å². The number of nitrogens with one attached hydrogen (secondary N) is 2. The highest BCUT2D eigenvalue weighted by atomic mass is 16.5. The van der Waals surface area contributed by atoms with Crippen molar-refractivity contribution < 1.29 is 9.53 Å². The van der Waals surface area contributed by atoms with Gasteiger partial charge in [0, 0.05) is 42.7 Å². The first-order valence-electron chi connectivity index (χ1n) is 14.6. The topological polar surface area (TPSA) is 89.0 Å². The lowest BCUT2D eigenvalue weighted by atomic mass is 9.78. The highest BCUT2D eigenvalue weighted by molar-refractivity contribution is 5.96. The van der Waals surface area contributed by atoms with E-state index in [2.05, 4.69) is 44.9 Å². The lowest BCUT2D eigenvalue weighted by molar-refractivity contribution is -0.120. The van der Waals surface area contributed by atoms with E-state index in [0.717, 1.165) is 71.3 Å². The Morgan fingerprint density at radius 3 is 2.77 bits per heavy atom. The number of piperidine rings is 1. The SMILES string of the molecule is Cc1ccc2c(CC(=O)[C@H]3CC34CCC4)cccc2c1Oc1ncccc1-c1ccnc(N[C@H]2CCCNC2)n1. The molecule has 2 aromatic carbocycles. The van der Waals surface area contributed by atoms with Crippen molar-refractivity contribution in [3.8, 4) is 22.9 Å². The van der Waals surface area contributed by atoms with Gasteiger partial charge >= 0.3 is 0 Å². The van der Waals surface area contributed by atoms with E-state index >= 15 is 0 Å². The Bertz CT molecular complexity index is 1570. The Kier molecular flexibility index (Phi) is 6.47. The van der Waals surface area contributed by atoms with Crippen molar-refractivity contribution in [3.63, 3.8) is 0 Å². The molecule has 4 aromatic rings. The number of aromatic nitrogens is 3. The molecule has 2 aliphatic carbocycles. The molecule has 204 valence electrons. The minimum atomic E-state index is 0.260. The zero-order valence-corrected chi connectivity index (χ0v) is 23.0. The molecule has 2 N–H and O–H groups in total. The largest absolute Gasteiger partial charge is 0.437 e. The van der Waals surface area contributed by atoms with Crippen molar-refractivity contribution >= 4 is 22.5 Å². The quantitative estimate of drug-likeness (QED) is 0.276. The van der Waals surface area contributed by atoms with E-state index in [-0.39, 0.29) is 5.92 Å². The highest BCUT2D eigenvalue weighted by Gasteiger charge is 2.60. The first kappa shape index (κ1) is 25.1. The van der Waals surface area contributed by atoms with Crippen molar-refractivity contribution in [2.24, 2.45) is 11.3 Å². The number of fused-ring (bicyclic) bond motifs is 1. The third-order valence-corrected chi connectivity index (χ3v) is 9.12. The lowest BCUT2D eigenvalue weighted by Crippen LogP contribution is -2.38. The van der Waals surface area contributed by atoms with E-state index < -0.39 is 0 Å². The summed E-state index contributed by atoms with van der Waals surface area (Å²) in [6.07, 6.45) is 11.0. The zero-order chi connectivity index (χ0) is 27.1. The van der Waals surface area contributed by atoms with Gasteiger partial charge in [0.15, 0.2) is 0 Å². The number of carbonyl (C=O) groups is 1. The fourth-order valence-corrected chi connectivity index (χ4v) is 6.59. The number of aryl methyl sites for hydroxylation is 1. The molecule has 2 aromatic heterocycles. The highest BCUT2D eigenvalue weighted by Crippen LogP contribution is 2.66. The molecule has 3 fully saturated rings. The first-order chi connectivity index (χ1) is 19.6. The Balaban J connectivity index is 1.17. The second kappa shape index (κ2) is 10.3. The van der Waals surface area contributed by atoms with Crippen LogP contribution >= 0.6 is 0 Å². The number of pyridine rings is 1. The molecule has 1 spiro atoms. The number of ketones is 1. The fourth-order valence-electron chi connectivity index (χ4n) is 6.59. The second-order valence-electron chi connectivity index (χ2n) is 11.8. The second-order valence-corrected chi connectivity index (χ2v) is 11.8. The van der Waals surface area contributed by atoms with E-state index in [1.54, 1.807) is 12.4 Å². The van der Waals surface area contributed by atoms with Gasteiger partial charge in [0.1, 0.15) is 11.5 Å². The van der Waals surface area contributed by atoms with Gasteiger partial charge in [-0.2, -0.15) is 0 Å². The van der Waals surface area contributed by atoms with E-state index in [0.29, 0.717) is 35.5 Å². The van der Waals surface area contributed by atoms with Gasteiger partial charge < -0.3 is 15.4 Å². The summed E-state index contributed by atoms with van der Waals surface area (Å²) in [6.45, 7) is 4.01. The molecule has 3 aliphatic rings. The van der Waals surface area contributed by atoms with Crippen LogP contribution < -0.4 is 15.4 Å². The minimum absolute atomic E-state index is 0.260. The maximum atomic E-state index is 13.2. The third kappa shape index (κ3) is 4.73. The summed E-state index contributed by atoms with van der Waals surface area (Å²) in [5, 5.41) is 8.94. The van der Waals surface area contributed by atoms with Crippen molar-refractivity contribution in [1.29, 1.82) is 0 Å². The number of nitrogens with zero attached hydrogens (tertiary/aromatic N) is 3. The Morgan fingerprint density at radius 1 is 1.05 bits per heavy atom. The van der Waals surface area contributed by atoms with Crippen molar-refractivity contribution in [2.75, 3.05) is 18.4 Å².